The van der Waals surface area contributed by atoms with Gasteiger partial charge in [-0.15, -0.1) is 0 Å². The van der Waals surface area contributed by atoms with Gasteiger partial charge in [0.05, 0.1) is 14.2 Å². The van der Waals surface area contributed by atoms with E-state index in [0.717, 1.165) is 11.6 Å². The Bertz CT molecular complexity index is 464. The summed E-state index contributed by atoms with van der Waals surface area (Å²) in [5.74, 6) is 1.01. The third-order valence-corrected chi connectivity index (χ3v) is 2.17. The molecule has 0 heterocycles. The first-order chi connectivity index (χ1) is 8.55. The fourth-order valence-electron chi connectivity index (χ4n) is 1.36. The number of aliphatic hydroxyl groups excluding tert-OH is 1. The van der Waals surface area contributed by atoms with Gasteiger partial charge in [-0.2, -0.15) is 0 Å². The summed E-state index contributed by atoms with van der Waals surface area (Å²) in [6, 6.07) is 5.34. The second-order valence-electron chi connectivity index (χ2n) is 3.66. The summed E-state index contributed by atoms with van der Waals surface area (Å²) in [5, 5.41) is 9.42. The molecule has 0 aromatic heterocycles. The predicted octanol–water partition coefficient (Wildman–Crippen LogP) is 2.75. The minimum absolute atomic E-state index is 0.0933. The van der Waals surface area contributed by atoms with Crippen molar-refractivity contribution in [1.82, 2.24) is 0 Å². The zero-order chi connectivity index (χ0) is 13.5. The molecule has 0 saturated heterocycles. The summed E-state index contributed by atoms with van der Waals surface area (Å²) < 4.78 is 10.2. The number of carbonyl (C=O) groups is 1. The molecule has 0 bridgehead atoms. The fraction of sp³-hybridized carbons (Fsp3) is 0.214. The summed E-state index contributed by atoms with van der Waals surface area (Å²) in [7, 11) is 3.13. The molecule has 0 aliphatic rings. The number of ketones is 1. The van der Waals surface area contributed by atoms with Crippen LogP contribution in [0.25, 0.3) is 6.08 Å². The van der Waals surface area contributed by atoms with E-state index >= 15 is 0 Å². The highest BCUT2D eigenvalue weighted by Crippen LogP contribution is 2.23. The van der Waals surface area contributed by atoms with Gasteiger partial charge >= 0.3 is 0 Å². The zero-order valence-electron chi connectivity index (χ0n) is 10.6. The van der Waals surface area contributed by atoms with Crippen molar-refractivity contribution < 1.29 is 19.4 Å². The van der Waals surface area contributed by atoms with Crippen molar-refractivity contribution in [3.8, 4) is 11.5 Å². The van der Waals surface area contributed by atoms with Gasteiger partial charge in [-0.25, -0.2) is 0 Å². The van der Waals surface area contributed by atoms with E-state index in [1.165, 1.54) is 13.0 Å². The number of allylic oxidation sites excluding steroid dienone is 2. The molecule has 1 aromatic carbocycles. The molecule has 0 saturated carbocycles. The van der Waals surface area contributed by atoms with E-state index < -0.39 is 0 Å². The largest absolute Gasteiger partial charge is 0.508 e. The molecule has 96 valence electrons. The van der Waals surface area contributed by atoms with Gasteiger partial charge in [0.2, 0.25) is 0 Å². The number of hydrogen-bond acceptors (Lipinski definition) is 4. The molecule has 1 rings (SSSR count). The maximum Gasteiger partial charge on any atom is 0.156 e. The van der Waals surface area contributed by atoms with Crippen LogP contribution in [0.4, 0.5) is 0 Å². The molecule has 1 aromatic rings. The first kappa shape index (κ1) is 13.8. The average molecular weight is 248 g/mol. The summed E-state index contributed by atoms with van der Waals surface area (Å²) in [6.07, 6.45) is 4.25. The van der Waals surface area contributed by atoms with Gasteiger partial charge in [-0.3, -0.25) is 4.79 Å². The van der Waals surface area contributed by atoms with Crippen molar-refractivity contribution in [2.75, 3.05) is 14.2 Å². The molecule has 0 unspecified atom stereocenters. The highest BCUT2D eigenvalue weighted by Gasteiger charge is 1.99. The van der Waals surface area contributed by atoms with Gasteiger partial charge in [-0.05, 0) is 30.7 Å². The molecule has 0 aliphatic heterocycles. The Morgan fingerprint density at radius 3 is 2.17 bits per heavy atom. The van der Waals surface area contributed by atoms with Crippen molar-refractivity contribution in [1.29, 1.82) is 0 Å². The smallest absolute Gasteiger partial charge is 0.156 e. The Morgan fingerprint density at radius 1 is 1.17 bits per heavy atom. The Morgan fingerprint density at radius 2 is 1.72 bits per heavy atom. The summed E-state index contributed by atoms with van der Waals surface area (Å²) in [6.45, 7) is 1.37. The van der Waals surface area contributed by atoms with Crippen LogP contribution in [-0.2, 0) is 4.79 Å². The third kappa shape index (κ3) is 4.33. The normalized spacial score (nSPS) is 11.6. The van der Waals surface area contributed by atoms with Crippen LogP contribution < -0.4 is 9.47 Å². The van der Waals surface area contributed by atoms with Gasteiger partial charge in [-0.1, -0.05) is 6.08 Å². The van der Waals surface area contributed by atoms with Crippen LogP contribution in [0.5, 0.6) is 11.5 Å². The van der Waals surface area contributed by atoms with Gasteiger partial charge in [0.25, 0.3) is 0 Å². The van der Waals surface area contributed by atoms with Gasteiger partial charge in [0, 0.05) is 12.1 Å². The van der Waals surface area contributed by atoms with Crippen LogP contribution in [-0.4, -0.2) is 25.1 Å². The Labute approximate surface area is 106 Å². The lowest BCUT2D eigenvalue weighted by atomic mass is 10.1. The highest BCUT2D eigenvalue weighted by molar-refractivity contribution is 5.88. The number of hydrogen-bond donors (Lipinski definition) is 1. The van der Waals surface area contributed by atoms with Crippen LogP contribution >= 0.6 is 0 Å². The molecular weight excluding hydrogens is 232 g/mol. The van der Waals surface area contributed by atoms with Crippen molar-refractivity contribution >= 4 is 11.9 Å². The standard InChI is InChI=1S/C14H16O4/c1-10(15)6-12(16)5-4-11-7-13(17-2)9-14(8-11)18-3/h4-9,16H,1-3H3/b5-4+,12-6-. The number of aliphatic hydroxyl groups is 1. The molecule has 4 heteroatoms. The summed E-state index contributed by atoms with van der Waals surface area (Å²) >= 11 is 0. The van der Waals surface area contributed by atoms with Gasteiger partial charge < -0.3 is 14.6 Å². The monoisotopic (exact) mass is 248 g/mol. The third-order valence-electron chi connectivity index (χ3n) is 2.17. The molecule has 4 nitrogen and oxygen atoms in total. The molecule has 0 radical (unpaired) electrons. The van der Waals surface area contributed by atoms with E-state index in [9.17, 15) is 9.90 Å². The lowest BCUT2D eigenvalue weighted by Gasteiger charge is -2.05. The maximum absolute atomic E-state index is 10.8. The van der Waals surface area contributed by atoms with E-state index in [1.54, 1.807) is 38.5 Å². The summed E-state index contributed by atoms with van der Waals surface area (Å²) in [5.41, 5.74) is 0.801. The second-order valence-corrected chi connectivity index (χ2v) is 3.66. The number of methoxy groups -OCH3 is 2. The van der Waals surface area contributed by atoms with E-state index in [0.29, 0.717) is 11.5 Å². The average Bonchev–Trinajstić information content (AvgIpc) is 2.35. The van der Waals surface area contributed by atoms with Crippen molar-refractivity contribution in [3.05, 3.63) is 41.7 Å². The fourth-order valence-corrected chi connectivity index (χ4v) is 1.36. The van der Waals surface area contributed by atoms with Gasteiger partial charge in [0.15, 0.2) is 5.78 Å². The van der Waals surface area contributed by atoms with Crippen LogP contribution in [0.3, 0.4) is 0 Å². The number of ether oxygens (including phenoxy) is 2. The molecule has 18 heavy (non-hydrogen) atoms. The quantitative estimate of drug-likeness (QED) is 0.494. The van der Waals surface area contributed by atoms with Crippen molar-refractivity contribution in [3.63, 3.8) is 0 Å². The lowest BCUT2D eigenvalue weighted by molar-refractivity contribution is -0.112. The predicted molar refractivity (Wildman–Crippen MR) is 70.0 cm³/mol. The Hall–Kier alpha value is -2.23. The van der Waals surface area contributed by atoms with E-state index in [2.05, 4.69) is 0 Å². The number of rotatable bonds is 5. The molecule has 1 N–H and O–H groups in total. The molecule has 0 spiro atoms. The highest BCUT2D eigenvalue weighted by atomic mass is 16.5. The lowest BCUT2D eigenvalue weighted by Crippen LogP contribution is -1.88. The van der Waals surface area contributed by atoms with Gasteiger partial charge in [0.1, 0.15) is 17.3 Å². The number of benzene rings is 1. The van der Waals surface area contributed by atoms with Crippen LogP contribution in [0.1, 0.15) is 12.5 Å². The first-order valence-corrected chi connectivity index (χ1v) is 5.37. The minimum Gasteiger partial charge on any atom is -0.508 e. The van der Waals surface area contributed by atoms with Crippen LogP contribution in [0.15, 0.2) is 36.1 Å². The second kappa shape index (κ2) is 6.49. The van der Waals surface area contributed by atoms with Crippen molar-refractivity contribution in [2.24, 2.45) is 0 Å². The maximum atomic E-state index is 10.8. The minimum atomic E-state index is -0.208. The topological polar surface area (TPSA) is 55.8 Å². The SMILES string of the molecule is COc1cc(/C=C/C(O)=C/C(C)=O)cc(OC)c1. The van der Waals surface area contributed by atoms with E-state index in [-0.39, 0.29) is 11.5 Å². The Kier molecular flexibility index (Phi) is 4.99. The summed E-state index contributed by atoms with van der Waals surface area (Å²) in [4.78, 5) is 10.8. The first-order valence-electron chi connectivity index (χ1n) is 5.37. The van der Waals surface area contributed by atoms with Crippen LogP contribution in [0, 0.1) is 0 Å². The van der Waals surface area contributed by atoms with Crippen LogP contribution in [0.2, 0.25) is 0 Å². The van der Waals surface area contributed by atoms with E-state index in [1.807, 2.05) is 0 Å². The van der Waals surface area contributed by atoms with E-state index in [4.69, 9.17) is 9.47 Å². The zero-order valence-corrected chi connectivity index (χ0v) is 10.6. The molecular formula is C14H16O4. The molecule has 0 fully saturated rings. The molecule has 0 aliphatic carbocycles. The number of carbonyl (C=O) groups excluding carboxylic acids is 1. The molecule has 0 amide bonds. The Balaban J connectivity index is 2.96. The molecule has 0 atom stereocenters. The van der Waals surface area contributed by atoms with Crippen molar-refractivity contribution in [2.45, 2.75) is 6.92 Å².